The summed E-state index contributed by atoms with van der Waals surface area (Å²) in [5, 5.41) is 8.79. The van der Waals surface area contributed by atoms with Gasteiger partial charge in [0, 0.05) is 5.56 Å². The fraction of sp³-hybridized carbons (Fsp3) is 0.0909. The SMILES string of the molecule is Cc1oc(-c2ccc(Cl)c(F)c2)nc1C(=O)O. The van der Waals surface area contributed by atoms with E-state index in [1.54, 1.807) is 0 Å². The molecule has 17 heavy (non-hydrogen) atoms. The van der Waals surface area contributed by atoms with Crippen molar-refractivity contribution in [2.75, 3.05) is 0 Å². The van der Waals surface area contributed by atoms with Crippen LogP contribution in [0.4, 0.5) is 4.39 Å². The molecule has 0 aliphatic rings. The van der Waals surface area contributed by atoms with E-state index >= 15 is 0 Å². The summed E-state index contributed by atoms with van der Waals surface area (Å²) >= 11 is 5.53. The molecular formula is C11H7ClFNO3. The van der Waals surface area contributed by atoms with Crippen LogP contribution in [0, 0.1) is 12.7 Å². The average Bonchev–Trinajstić information content (AvgIpc) is 2.64. The van der Waals surface area contributed by atoms with Crippen LogP contribution in [-0.4, -0.2) is 16.1 Å². The number of benzene rings is 1. The molecule has 1 aromatic heterocycles. The van der Waals surface area contributed by atoms with Crippen LogP contribution in [0.25, 0.3) is 11.5 Å². The van der Waals surface area contributed by atoms with Gasteiger partial charge in [0.1, 0.15) is 11.6 Å². The number of aromatic carboxylic acids is 1. The molecule has 0 unspecified atom stereocenters. The molecular weight excluding hydrogens is 249 g/mol. The first-order chi connectivity index (χ1) is 7.99. The Morgan fingerprint density at radius 1 is 1.53 bits per heavy atom. The monoisotopic (exact) mass is 255 g/mol. The Balaban J connectivity index is 2.50. The van der Waals surface area contributed by atoms with Crippen molar-refractivity contribution >= 4 is 17.6 Å². The van der Waals surface area contributed by atoms with Crippen molar-refractivity contribution in [3.63, 3.8) is 0 Å². The van der Waals surface area contributed by atoms with Crippen LogP contribution in [0.2, 0.25) is 5.02 Å². The van der Waals surface area contributed by atoms with Crippen LogP contribution in [0.1, 0.15) is 16.2 Å². The second-order valence-corrected chi connectivity index (χ2v) is 3.77. The molecule has 1 aromatic carbocycles. The molecule has 0 saturated carbocycles. The molecule has 2 rings (SSSR count). The Morgan fingerprint density at radius 3 is 2.76 bits per heavy atom. The van der Waals surface area contributed by atoms with Gasteiger partial charge in [-0.1, -0.05) is 11.6 Å². The minimum atomic E-state index is -1.19. The lowest BCUT2D eigenvalue weighted by Gasteiger charge is -1.97. The van der Waals surface area contributed by atoms with E-state index in [2.05, 4.69) is 4.98 Å². The maximum atomic E-state index is 13.2. The van der Waals surface area contributed by atoms with Crippen molar-refractivity contribution in [3.8, 4) is 11.5 Å². The fourth-order valence-corrected chi connectivity index (χ4v) is 1.47. The van der Waals surface area contributed by atoms with Crippen molar-refractivity contribution in [1.82, 2.24) is 4.98 Å². The Labute approximate surface area is 101 Å². The minimum absolute atomic E-state index is 0.0181. The third kappa shape index (κ3) is 2.14. The second-order valence-electron chi connectivity index (χ2n) is 3.36. The van der Waals surface area contributed by atoms with Crippen LogP contribution < -0.4 is 0 Å². The molecule has 0 aliphatic carbocycles. The van der Waals surface area contributed by atoms with E-state index in [0.717, 1.165) is 6.07 Å². The van der Waals surface area contributed by atoms with Crippen molar-refractivity contribution < 1.29 is 18.7 Å². The van der Waals surface area contributed by atoms with E-state index < -0.39 is 11.8 Å². The number of carboxylic acids is 1. The molecule has 0 aliphatic heterocycles. The number of carboxylic acid groups (broad SMARTS) is 1. The molecule has 6 heteroatoms. The van der Waals surface area contributed by atoms with Gasteiger partial charge in [0.2, 0.25) is 5.89 Å². The molecule has 2 aromatic rings. The Kier molecular flexibility index (Phi) is 2.85. The smallest absolute Gasteiger partial charge is 0.358 e. The van der Waals surface area contributed by atoms with Gasteiger partial charge in [-0.05, 0) is 25.1 Å². The highest BCUT2D eigenvalue weighted by Gasteiger charge is 2.17. The first-order valence-electron chi connectivity index (χ1n) is 4.65. The van der Waals surface area contributed by atoms with Crippen molar-refractivity contribution in [3.05, 3.63) is 40.5 Å². The lowest BCUT2D eigenvalue weighted by molar-refractivity contribution is 0.0689. The Bertz CT molecular complexity index is 594. The third-order valence-corrected chi connectivity index (χ3v) is 2.47. The number of hydrogen-bond donors (Lipinski definition) is 1. The third-order valence-electron chi connectivity index (χ3n) is 2.17. The zero-order valence-corrected chi connectivity index (χ0v) is 9.45. The zero-order chi connectivity index (χ0) is 12.6. The summed E-state index contributed by atoms with van der Waals surface area (Å²) in [5.41, 5.74) is 0.151. The maximum absolute atomic E-state index is 13.2. The number of oxazole rings is 1. The average molecular weight is 256 g/mol. The summed E-state index contributed by atoms with van der Waals surface area (Å²) in [6, 6.07) is 3.99. The van der Waals surface area contributed by atoms with E-state index in [4.69, 9.17) is 21.1 Å². The largest absolute Gasteiger partial charge is 0.476 e. The number of halogens is 2. The number of hydrogen-bond acceptors (Lipinski definition) is 3. The van der Waals surface area contributed by atoms with Crippen molar-refractivity contribution in [2.45, 2.75) is 6.92 Å². The topological polar surface area (TPSA) is 63.3 Å². The first-order valence-corrected chi connectivity index (χ1v) is 5.03. The van der Waals surface area contributed by atoms with Crippen LogP contribution in [-0.2, 0) is 0 Å². The molecule has 0 saturated heterocycles. The summed E-state index contributed by atoms with van der Waals surface area (Å²) in [7, 11) is 0. The highest BCUT2D eigenvalue weighted by molar-refractivity contribution is 6.30. The molecule has 1 N–H and O–H groups in total. The van der Waals surface area contributed by atoms with Gasteiger partial charge in [0.15, 0.2) is 5.69 Å². The van der Waals surface area contributed by atoms with Crippen molar-refractivity contribution in [2.24, 2.45) is 0 Å². The predicted octanol–water partition coefficient (Wildman–Crippen LogP) is 3.14. The Morgan fingerprint density at radius 2 is 2.24 bits per heavy atom. The number of aromatic nitrogens is 1. The molecule has 88 valence electrons. The maximum Gasteiger partial charge on any atom is 0.358 e. The van der Waals surface area contributed by atoms with E-state index in [0.29, 0.717) is 5.56 Å². The van der Waals surface area contributed by atoms with Crippen LogP contribution >= 0.6 is 11.6 Å². The molecule has 0 amide bonds. The Hall–Kier alpha value is -1.88. The van der Waals surface area contributed by atoms with Gasteiger partial charge in [-0.2, -0.15) is 0 Å². The summed E-state index contributed by atoms with van der Waals surface area (Å²) in [4.78, 5) is 14.5. The van der Waals surface area contributed by atoms with E-state index in [1.165, 1.54) is 19.1 Å². The first kappa shape index (κ1) is 11.6. The molecule has 0 atom stereocenters. The fourth-order valence-electron chi connectivity index (χ4n) is 1.35. The minimum Gasteiger partial charge on any atom is -0.476 e. The molecule has 0 fully saturated rings. The number of rotatable bonds is 2. The molecule has 4 nitrogen and oxygen atoms in total. The molecule has 0 radical (unpaired) electrons. The van der Waals surface area contributed by atoms with E-state index in [-0.39, 0.29) is 22.4 Å². The zero-order valence-electron chi connectivity index (χ0n) is 8.70. The van der Waals surface area contributed by atoms with Gasteiger partial charge in [0.05, 0.1) is 5.02 Å². The quantitative estimate of drug-likeness (QED) is 0.895. The summed E-state index contributed by atoms with van der Waals surface area (Å²) in [5.74, 6) is -1.58. The number of carbonyl (C=O) groups is 1. The lowest BCUT2D eigenvalue weighted by atomic mass is 10.2. The van der Waals surface area contributed by atoms with Crippen LogP contribution in [0.3, 0.4) is 0 Å². The summed E-state index contributed by atoms with van der Waals surface area (Å²) in [6.07, 6.45) is 0. The van der Waals surface area contributed by atoms with E-state index in [9.17, 15) is 9.18 Å². The molecule has 1 heterocycles. The summed E-state index contributed by atoms with van der Waals surface area (Å²) in [6.45, 7) is 1.48. The van der Waals surface area contributed by atoms with Crippen LogP contribution in [0.5, 0.6) is 0 Å². The van der Waals surface area contributed by atoms with Gasteiger partial charge < -0.3 is 9.52 Å². The highest BCUT2D eigenvalue weighted by Crippen LogP contribution is 2.25. The predicted molar refractivity (Wildman–Crippen MR) is 58.6 cm³/mol. The van der Waals surface area contributed by atoms with Gasteiger partial charge in [0.25, 0.3) is 0 Å². The normalized spacial score (nSPS) is 10.5. The van der Waals surface area contributed by atoms with Gasteiger partial charge in [-0.3, -0.25) is 0 Å². The highest BCUT2D eigenvalue weighted by atomic mass is 35.5. The van der Waals surface area contributed by atoms with Gasteiger partial charge in [-0.25, -0.2) is 14.2 Å². The second kappa shape index (κ2) is 4.18. The summed E-state index contributed by atoms with van der Waals surface area (Å²) < 4.78 is 18.4. The number of aryl methyl sites for hydroxylation is 1. The standard InChI is InChI=1S/C11H7ClFNO3/c1-5-9(11(15)16)14-10(17-5)6-2-3-7(12)8(13)4-6/h2-4H,1H3,(H,15,16). The van der Waals surface area contributed by atoms with Crippen LogP contribution in [0.15, 0.2) is 22.6 Å². The van der Waals surface area contributed by atoms with Crippen molar-refractivity contribution in [1.29, 1.82) is 0 Å². The van der Waals surface area contributed by atoms with E-state index in [1.807, 2.05) is 0 Å². The number of nitrogens with zero attached hydrogens (tertiary/aromatic N) is 1. The lowest BCUT2D eigenvalue weighted by Crippen LogP contribution is -1.98. The van der Waals surface area contributed by atoms with Gasteiger partial charge >= 0.3 is 5.97 Å². The molecule has 0 bridgehead atoms. The molecule has 0 spiro atoms. The van der Waals surface area contributed by atoms with Gasteiger partial charge in [-0.15, -0.1) is 0 Å².